The molecule has 0 saturated carbocycles. The van der Waals surface area contributed by atoms with Crippen molar-refractivity contribution in [3.8, 4) is 28.6 Å². The van der Waals surface area contributed by atoms with E-state index < -0.39 is 5.91 Å². The van der Waals surface area contributed by atoms with Gasteiger partial charge in [0.1, 0.15) is 11.5 Å². The van der Waals surface area contributed by atoms with Crippen LogP contribution in [0, 0.1) is 6.92 Å². The van der Waals surface area contributed by atoms with E-state index in [1.165, 1.54) is 7.11 Å². The molecule has 0 radical (unpaired) electrons. The molecule has 7 nitrogen and oxygen atoms in total. The Morgan fingerprint density at radius 2 is 1.79 bits per heavy atom. The number of rotatable bonds is 6. The van der Waals surface area contributed by atoms with Crippen LogP contribution in [0.3, 0.4) is 0 Å². The summed E-state index contributed by atoms with van der Waals surface area (Å²) in [5.74, 6) is 0.950. The molecule has 0 aliphatic carbocycles. The minimum Gasteiger partial charge on any atom is -0.497 e. The zero-order valence-electron chi connectivity index (χ0n) is 18.1. The normalized spacial score (nSPS) is 10.7. The van der Waals surface area contributed by atoms with Gasteiger partial charge in [0.15, 0.2) is 5.82 Å². The molecule has 1 amide bonds. The summed E-state index contributed by atoms with van der Waals surface area (Å²) in [6.07, 6.45) is 0. The largest absolute Gasteiger partial charge is 0.497 e. The quantitative estimate of drug-likeness (QED) is 0.374. The molecule has 9 heteroatoms. The molecule has 0 spiro atoms. The van der Waals surface area contributed by atoms with Gasteiger partial charge >= 0.3 is 0 Å². The van der Waals surface area contributed by atoms with E-state index in [1.54, 1.807) is 48.2 Å². The second kappa shape index (κ2) is 9.52. The van der Waals surface area contributed by atoms with E-state index in [0.29, 0.717) is 44.3 Å². The number of hydrogen-bond acceptors (Lipinski definition) is 5. The third kappa shape index (κ3) is 4.65. The summed E-state index contributed by atoms with van der Waals surface area (Å²) < 4.78 is 12.2. The fourth-order valence-corrected chi connectivity index (χ4v) is 3.67. The summed E-state index contributed by atoms with van der Waals surface area (Å²) in [6, 6.07) is 17.7. The van der Waals surface area contributed by atoms with Crippen molar-refractivity contribution in [2.75, 3.05) is 19.5 Å². The summed E-state index contributed by atoms with van der Waals surface area (Å²) in [7, 11) is 3.06. The fourth-order valence-electron chi connectivity index (χ4n) is 3.31. The Hall–Kier alpha value is -3.55. The first-order chi connectivity index (χ1) is 15.9. The predicted octanol–water partition coefficient (Wildman–Crippen LogP) is 5.82. The lowest BCUT2D eigenvalue weighted by Crippen LogP contribution is -2.15. The average Bonchev–Trinajstić information content (AvgIpc) is 3.26. The van der Waals surface area contributed by atoms with Crippen molar-refractivity contribution in [3.05, 3.63) is 82.1 Å². The van der Waals surface area contributed by atoms with Crippen LogP contribution in [0.25, 0.3) is 17.1 Å². The first kappa shape index (κ1) is 22.6. The van der Waals surface area contributed by atoms with E-state index in [0.717, 1.165) is 5.56 Å². The van der Waals surface area contributed by atoms with E-state index in [4.69, 9.17) is 32.7 Å². The second-order valence-corrected chi connectivity index (χ2v) is 7.93. The van der Waals surface area contributed by atoms with Gasteiger partial charge in [-0.15, -0.1) is 5.10 Å². The van der Waals surface area contributed by atoms with E-state index in [2.05, 4.69) is 15.4 Å². The highest BCUT2D eigenvalue weighted by molar-refractivity contribution is 6.31. The molecule has 0 fully saturated rings. The van der Waals surface area contributed by atoms with Crippen molar-refractivity contribution in [3.63, 3.8) is 0 Å². The van der Waals surface area contributed by atoms with Crippen molar-refractivity contribution in [2.24, 2.45) is 0 Å². The SMILES string of the molecule is COc1ccc(OC)c(NC(=O)c2nc(-c3cccc(Cl)c3)n(-c3cccc(Cl)c3C)n2)c1. The van der Waals surface area contributed by atoms with Gasteiger partial charge in [0.25, 0.3) is 5.91 Å². The van der Waals surface area contributed by atoms with E-state index in [9.17, 15) is 4.79 Å². The minimum absolute atomic E-state index is 0.0331. The number of nitrogens with zero attached hydrogens (tertiary/aromatic N) is 3. The van der Waals surface area contributed by atoms with Crippen LogP contribution in [0.2, 0.25) is 10.0 Å². The molecule has 0 unspecified atom stereocenters. The maximum absolute atomic E-state index is 13.1. The first-order valence-electron chi connectivity index (χ1n) is 9.93. The second-order valence-electron chi connectivity index (χ2n) is 7.09. The monoisotopic (exact) mass is 482 g/mol. The van der Waals surface area contributed by atoms with Crippen molar-refractivity contribution in [1.29, 1.82) is 0 Å². The zero-order chi connectivity index (χ0) is 23.5. The molecule has 168 valence electrons. The van der Waals surface area contributed by atoms with E-state index in [1.807, 2.05) is 31.2 Å². The molecule has 4 aromatic rings. The van der Waals surface area contributed by atoms with Gasteiger partial charge in [-0.05, 0) is 48.9 Å². The highest BCUT2D eigenvalue weighted by Crippen LogP contribution is 2.31. The van der Waals surface area contributed by atoms with Gasteiger partial charge in [-0.3, -0.25) is 4.79 Å². The number of amides is 1. The molecule has 1 N–H and O–H groups in total. The Balaban J connectivity index is 1.80. The number of hydrogen-bond donors (Lipinski definition) is 1. The molecule has 0 aliphatic heterocycles. The molecule has 0 aliphatic rings. The number of aromatic nitrogens is 3. The predicted molar refractivity (Wildman–Crippen MR) is 129 cm³/mol. The highest BCUT2D eigenvalue weighted by Gasteiger charge is 2.21. The summed E-state index contributed by atoms with van der Waals surface area (Å²) in [4.78, 5) is 17.7. The van der Waals surface area contributed by atoms with Crippen LogP contribution in [0.5, 0.6) is 11.5 Å². The molecule has 3 aromatic carbocycles. The summed E-state index contributed by atoms with van der Waals surface area (Å²) in [5, 5.41) is 8.42. The highest BCUT2D eigenvalue weighted by atomic mass is 35.5. The van der Waals surface area contributed by atoms with Crippen LogP contribution in [-0.4, -0.2) is 34.9 Å². The zero-order valence-corrected chi connectivity index (χ0v) is 19.6. The summed E-state index contributed by atoms with van der Waals surface area (Å²) in [6.45, 7) is 1.88. The number of halogens is 2. The number of benzene rings is 3. The topological polar surface area (TPSA) is 78.3 Å². The lowest BCUT2D eigenvalue weighted by Gasteiger charge is -2.11. The summed E-state index contributed by atoms with van der Waals surface area (Å²) >= 11 is 12.5. The molecule has 1 heterocycles. The van der Waals surface area contributed by atoms with Gasteiger partial charge < -0.3 is 14.8 Å². The van der Waals surface area contributed by atoms with E-state index in [-0.39, 0.29) is 5.82 Å². The van der Waals surface area contributed by atoms with Gasteiger partial charge in [0.2, 0.25) is 5.82 Å². The lowest BCUT2D eigenvalue weighted by molar-refractivity contribution is 0.101. The van der Waals surface area contributed by atoms with E-state index >= 15 is 0 Å². The van der Waals surface area contributed by atoms with Crippen LogP contribution < -0.4 is 14.8 Å². The summed E-state index contributed by atoms with van der Waals surface area (Å²) in [5.41, 5.74) is 2.63. The van der Waals surface area contributed by atoms with Crippen LogP contribution >= 0.6 is 23.2 Å². The number of carbonyl (C=O) groups is 1. The standard InChI is InChI=1S/C24H20Cl2N4O3/c1-14-18(26)8-5-9-20(14)30-23(15-6-4-7-16(25)12-15)28-22(29-30)24(31)27-19-13-17(32-2)10-11-21(19)33-3/h4-13H,1-3H3,(H,27,31). The first-order valence-corrected chi connectivity index (χ1v) is 10.7. The Kier molecular flexibility index (Phi) is 6.53. The minimum atomic E-state index is -0.511. The van der Waals surface area contributed by atoms with Gasteiger partial charge in [0.05, 0.1) is 25.6 Å². The maximum Gasteiger partial charge on any atom is 0.295 e. The van der Waals surface area contributed by atoms with Crippen molar-refractivity contribution in [2.45, 2.75) is 6.92 Å². The molecule has 33 heavy (non-hydrogen) atoms. The Labute approximate surface area is 200 Å². The Morgan fingerprint density at radius 3 is 2.52 bits per heavy atom. The van der Waals surface area contributed by atoms with Gasteiger partial charge in [0, 0.05) is 21.7 Å². The van der Waals surface area contributed by atoms with Crippen LogP contribution in [-0.2, 0) is 0 Å². The van der Waals surface area contributed by atoms with Gasteiger partial charge in [-0.2, -0.15) is 0 Å². The number of nitrogens with one attached hydrogen (secondary N) is 1. The van der Waals surface area contributed by atoms with Crippen molar-refractivity contribution in [1.82, 2.24) is 14.8 Å². The molecular formula is C24H20Cl2N4O3. The van der Waals surface area contributed by atoms with Crippen LogP contribution in [0.4, 0.5) is 5.69 Å². The molecular weight excluding hydrogens is 463 g/mol. The fraction of sp³-hybridized carbons (Fsp3) is 0.125. The number of carbonyl (C=O) groups excluding carboxylic acids is 1. The molecule has 0 atom stereocenters. The third-order valence-corrected chi connectivity index (χ3v) is 5.66. The molecule has 4 rings (SSSR count). The number of methoxy groups -OCH3 is 2. The molecule has 0 bridgehead atoms. The third-order valence-electron chi connectivity index (χ3n) is 5.02. The Bertz CT molecular complexity index is 1340. The van der Waals surface area contributed by atoms with Gasteiger partial charge in [-0.25, -0.2) is 9.67 Å². The molecule has 0 saturated heterocycles. The molecule has 1 aromatic heterocycles. The lowest BCUT2D eigenvalue weighted by atomic mass is 10.1. The maximum atomic E-state index is 13.1. The average molecular weight is 483 g/mol. The van der Waals surface area contributed by atoms with Crippen LogP contribution in [0.15, 0.2) is 60.7 Å². The van der Waals surface area contributed by atoms with Crippen LogP contribution in [0.1, 0.15) is 16.2 Å². The van der Waals surface area contributed by atoms with Gasteiger partial charge in [-0.1, -0.05) is 41.4 Å². The number of ether oxygens (including phenoxy) is 2. The van der Waals surface area contributed by atoms with Crippen molar-refractivity contribution < 1.29 is 14.3 Å². The smallest absolute Gasteiger partial charge is 0.295 e. The van der Waals surface area contributed by atoms with Crippen molar-refractivity contribution >= 4 is 34.8 Å². The number of anilines is 1. The Morgan fingerprint density at radius 1 is 1.00 bits per heavy atom.